The molecule has 0 spiro atoms. The van der Waals surface area contributed by atoms with Crippen molar-refractivity contribution in [1.82, 2.24) is 5.43 Å². The fourth-order valence-electron chi connectivity index (χ4n) is 2.72. The summed E-state index contributed by atoms with van der Waals surface area (Å²) < 4.78 is 5.83. The van der Waals surface area contributed by atoms with Crippen LogP contribution in [0, 0.1) is 11.3 Å². The highest BCUT2D eigenvalue weighted by molar-refractivity contribution is 6.03. The number of benzene rings is 3. The quantitative estimate of drug-likeness (QED) is 0.335. The normalized spacial score (nSPS) is 10.3. The van der Waals surface area contributed by atoms with Gasteiger partial charge in [-0.05, 0) is 30.3 Å². The highest BCUT2D eigenvalue weighted by atomic mass is 16.5. The van der Waals surface area contributed by atoms with Gasteiger partial charge < -0.3 is 10.1 Å². The third-order valence-electron chi connectivity index (χ3n) is 4.21. The summed E-state index contributed by atoms with van der Waals surface area (Å²) in [7, 11) is 0. The molecule has 7 heteroatoms. The lowest BCUT2D eigenvalue weighted by molar-refractivity contribution is -0.126. The predicted octanol–water partition coefficient (Wildman–Crippen LogP) is 3.62. The smallest absolute Gasteiger partial charge is 0.249 e. The average molecular weight is 412 g/mol. The first kappa shape index (κ1) is 21.3. The number of para-hydroxylation sites is 2. The summed E-state index contributed by atoms with van der Waals surface area (Å²) in [5, 5.41) is 15.7. The molecule has 0 aliphatic carbocycles. The Hall–Kier alpha value is -4.44. The van der Waals surface area contributed by atoms with E-state index < -0.39 is 11.8 Å². The number of hydrogen-bond acceptors (Lipinski definition) is 5. The molecule has 0 heterocycles. The number of rotatable bonds is 8. The van der Waals surface area contributed by atoms with E-state index in [1.807, 2.05) is 30.3 Å². The lowest BCUT2D eigenvalue weighted by Crippen LogP contribution is -2.24. The number of carbonyl (C=O) groups is 2. The van der Waals surface area contributed by atoms with E-state index in [1.165, 1.54) is 6.21 Å². The zero-order valence-corrected chi connectivity index (χ0v) is 16.6. The minimum atomic E-state index is -0.536. The van der Waals surface area contributed by atoms with Crippen LogP contribution in [0.2, 0.25) is 0 Å². The van der Waals surface area contributed by atoms with Crippen molar-refractivity contribution in [1.29, 1.82) is 5.26 Å². The first-order valence-corrected chi connectivity index (χ1v) is 9.52. The Labute approximate surface area is 180 Å². The molecule has 0 aliphatic heterocycles. The van der Waals surface area contributed by atoms with Crippen molar-refractivity contribution in [2.75, 3.05) is 5.32 Å². The topological polar surface area (TPSA) is 104 Å². The van der Waals surface area contributed by atoms with E-state index in [-0.39, 0.29) is 13.0 Å². The summed E-state index contributed by atoms with van der Waals surface area (Å²) in [4.78, 5) is 23.9. The molecule has 3 aromatic carbocycles. The maximum absolute atomic E-state index is 12.0. The number of hydrazone groups is 1. The van der Waals surface area contributed by atoms with Gasteiger partial charge in [0.25, 0.3) is 0 Å². The Bertz CT molecular complexity index is 1120. The number of anilines is 1. The molecule has 2 N–H and O–H groups in total. The van der Waals surface area contributed by atoms with E-state index in [9.17, 15) is 14.9 Å². The standard InChI is InChI=1S/C24H20N4O3/c25-15-18-8-4-5-10-20(18)17-31-22-13-7-6-9-19(22)16-26-28-24(30)14-23(29)27-21-11-2-1-3-12-21/h1-13,16H,14,17H2,(H,27,29)(H,28,30). The lowest BCUT2D eigenvalue weighted by atomic mass is 10.1. The summed E-state index contributed by atoms with van der Waals surface area (Å²) in [6.45, 7) is 0.223. The van der Waals surface area contributed by atoms with Crippen molar-refractivity contribution in [2.24, 2.45) is 5.10 Å². The minimum Gasteiger partial charge on any atom is -0.488 e. The number of ether oxygens (including phenoxy) is 1. The van der Waals surface area contributed by atoms with Crippen molar-refractivity contribution in [2.45, 2.75) is 13.0 Å². The largest absolute Gasteiger partial charge is 0.488 e. The number of nitriles is 1. The predicted molar refractivity (Wildman–Crippen MR) is 117 cm³/mol. The Morgan fingerprint density at radius 2 is 1.65 bits per heavy atom. The summed E-state index contributed by atoms with van der Waals surface area (Å²) in [5.74, 6) is -0.417. The van der Waals surface area contributed by atoms with E-state index in [4.69, 9.17) is 4.74 Å². The van der Waals surface area contributed by atoms with Crippen molar-refractivity contribution in [3.05, 3.63) is 95.6 Å². The number of nitrogens with one attached hydrogen (secondary N) is 2. The van der Waals surface area contributed by atoms with Crippen LogP contribution in [0.25, 0.3) is 0 Å². The first-order valence-electron chi connectivity index (χ1n) is 9.52. The van der Waals surface area contributed by atoms with E-state index in [0.717, 1.165) is 5.56 Å². The van der Waals surface area contributed by atoms with Gasteiger partial charge in [-0.3, -0.25) is 9.59 Å². The molecule has 0 atom stereocenters. The molecule has 0 fully saturated rings. The monoisotopic (exact) mass is 412 g/mol. The highest BCUT2D eigenvalue weighted by Crippen LogP contribution is 2.18. The average Bonchev–Trinajstić information content (AvgIpc) is 2.79. The van der Waals surface area contributed by atoms with Crippen LogP contribution in [-0.4, -0.2) is 18.0 Å². The third kappa shape index (κ3) is 6.54. The molecule has 0 aliphatic rings. The number of nitrogens with zero attached hydrogens (tertiary/aromatic N) is 2. The van der Waals surface area contributed by atoms with Gasteiger partial charge in [0.2, 0.25) is 11.8 Å². The second-order valence-corrected chi connectivity index (χ2v) is 6.48. The van der Waals surface area contributed by atoms with Gasteiger partial charge in [0.1, 0.15) is 18.8 Å². The molecule has 0 unspecified atom stereocenters. The lowest BCUT2D eigenvalue weighted by Gasteiger charge is -2.10. The Morgan fingerprint density at radius 3 is 2.45 bits per heavy atom. The van der Waals surface area contributed by atoms with Gasteiger partial charge in [-0.15, -0.1) is 0 Å². The fraction of sp³-hybridized carbons (Fsp3) is 0.0833. The van der Waals surface area contributed by atoms with Gasteiger partial charge in [0, 0.05) is 16.8 Å². The summed E-state index contributed by atoms with van der Waals surface area (Å²) >= 11 is 0. The summed E-state index contributed by atoms with van der Waals surface area (Å²) in [5.41, 5.74) is 4.92. The molecule has 0 bridgehead atoms. The highest BCUT2D eigenvalue weighted by Gasteiger charge is 2.09. The Balaban J connectivity index is 1.54. The SMILES string of the molecule is N#Cc1ccccc1COc1ccccc1C=NNC(=O)CC(=O)Nc1ccccc1. The van der Waals surface area contributed by atoms with Gasteiger partial charge in [-0.2, -0.15) is 10.4 Å². The van der Waals surface area contributed by atoms with Crippen LogP contribution in [0.4, 0.5) is 5.69 Å². The molecule has 3 rings (SSSR count). The third-order valence-corrected chi connectivity index (χ3v) is 4.21. The molecule has 31 heavy (non-hydrogen) atoms. The van der Waals surface area contributed by atoms with Gasteiger partial charge in [-0.25, -0.2) is 5.43 Å². The summed E-state index contributed by atoms with van der Waals surface area (Å²) in [6, 6.07) is 25.4. The van der Waals surface area contributed by atoms with Crippen LogP contribution >= 0.6 is 0 Å². The second-order valence-electron chi connectivity index (χ2n) is 6.48. The first-order chi connectivity index (χ1) is 15.2. The van der Waals surface area contributed by atoms with Crippen LogP contribution in [0.5, 0.6) is 5.75 Å². The van der Waals surface area contributed by atoms with Gasteiger partial charge in [0.05, 0.1) is 17.8 Å². The summed E-state index contributed by atoms with van der Waals surface area (Å²) in [6.07, 6.45) is 1.09. The van der Waals surface area contributed by atoms with Gasteiger partial charge in [-0.1, -0.05) is 48.5 Å². The maximum Gasteiger partial charge on any atom is 0.249 e. The van der Waals surface area contributed by atoms with Crippen LogP contribution < -0.4 is 15.5 Å². The molecule has 154 valence electrons. The van der Waals surface area contributed by atoms with E-state index in [0.29, 0.717) is 22.6 Å². The van der Waals surface area contributed by atoms with Gasteiger partial charge >= 0.3 is 0 Å². The van der Waals surface area contributed by atoms with Crippen LogP contribution in [-0.2, 0) is 16.2 Å². The van der Waals surface area contributed by atoms with E-state index in [1.54, 1.807) is 48.5 Å². The molecule has 0 radical (unpaired) electrons. The number of amides is 2. The Kier molecular flexibility index (Phi) is 7.50. The molecular formula is C24H20N4O3. The van der Waals surface area contributed by atoms with Crippen molar-refractivity contribution < 1.29 is 14.3 Å². The number of hydrogen-bond donors (Lipinski definition) is 2. The van der Waals surface area contributed by atoms with Gasteiger partial charge in [0.15, 0.2) is 0 Å². The fourth-order valence-corrected chi connectivity index (χ4v) is 2.72. The zero-order valence-electron chi connectivity index (χ0n) is 16.6. The molecule has 0 saturated heterocycles. The molecule has 2 amide bonds. The molecule has 3 aromatic rings. The zero-order chi connectivity index (χ0) is 21.9. The van der Waals surface area contributed by atoms with E-state index in [2.05, 4.69) is 21.9 Å². The molecule has 0 saturated carbocycles. The number of carbonyl (C=O) groups excluding carboxylic acids is 2. The van der Waals surface area contributed by atoms with Crippen LogP contribution in [0.1, 0.15) is 23.1 Å². The maximum atomic E-state index is 12.0. The molecule has 7 nitrogen and oxygen atoms in total. The van der Waals surface area contributed by atoms with Crippen LogP contribution in [0.15, 0.2) is 84.0 Å². The van der Waals surface area contributed by atoms with Crippen molar-refractivity contribution in [3.8, 4) is 11.8 Å². The van der Waals surface area contributed by atoms with E-state index >= 15 is 0 Å². The molecular weight excluding hydrogens is 392 g/mol. The molecule has 0 aromatic heterocycles. The van der Waals surface area contributed by atoms with Crippen molar-refractivity contribution in [3.63, 3.8) is 0 Å². The minimum absolute atomic E-state index is 0.223. The Morgan fingerprint density at radius 1 is 0.935 bits per heavy atom. The second kappa shape index (κ2) is 10.9. The van der Waals surface area contributed by atoms with Crippen LogP contribution in [0.3, 0.4) is 0 Å². The van der Waals surface area contributed by atoms with Crippen molar-refractivity contribution >= 4 is 23.7 Å².